The minimum absolute atomic E-state index is 0.0760. The highest BCUT2D eigenvalue weighted by Crippen LogP contribution is 2.32. The Morgan fingerprint density at radius 3 is 2.22 bits per heavy atom. The van der Waals surface area contributed by atoms with E-state index in [1.165, 1.54) is 37.3 Å². The highest BCUT2D eigenvalue weighted by atomic mass is 79.9. The molecule has 0 saturated heterocycles. The lowest BCUT2D eigenvalue weighted by atomic mass is 10.1. The zero-order valence-corrected chi connectivity index (χ0v) is 26.2. The number of nitrogens with zero attached hydrogens (tertiary/aromatic N) is 2. The third-order valence-corrected chi connectivity index (χ3v) is 8.94. The molecular weight excluding hydrogens is 610 g/mol. The summed E-state index contributed by atoms with van der Waals surface area (Å²) in [5.41, 5.74) is 1.08. The van der Waals surface area contributed by atoms with Gasteiger partial charge in [0.15, 0.2) is 11.5 Å². The van der Waals surface area contributed by atoms with Crippen LogP contribution in [0.5, 0.6) is 11.5 Å². The van der Waals surface area contributed by atoms with E-state index < -0.39 is 28.5 Å². The van der Waals surface area contributed by atoms with Gasteiger partial charge in [-0.2, -0.15) is 0 Å². The summed E-state index contributed by atoms with van der Waals surface area (Å²) in [6.45, 7) is 5.06. The first-order valence-corrected chi connectivity index (χ1v) is 15.4. The Kier molecular flexibility index (Phi) is 11.2. The van der Waals surface area contributed by atoms with Crippen molar-refractivity contribution in [1.29, 1.82) is 0 Å². The number of hydrogen-bond donors (Lipinski definition) is 1. The summed E-state index contributed by atoms with van der Waals surface area (Å²) in [5, 5.41) is 2.93. The summed E-state index contributed by atoms with van der Waals surface area (Å²) in [4.78, 5) is 28.5. The molecule has 0 fully saturated rings. The van der Waals surface area contributed by atoms with Gasteiger partial charge >= 0.3 is 0 Å². The van der Waals surface area contributed by atoms with Crippen LogP contribution in [0.25, 0.3) is 0 Å². The van der Waals surface area contributed by atoms with E-state index in [-0.39, 0.29) is 29.1 Å². The highest BCUT2D eigenvalue weighted by Gasteiger charge is 2.33. The molecule has 9 nitrogen and oxygen atoms in total. The third kappa shape index (κ3) is 8.01. The number of carbonyl (C=O) groups is 2. The van der Waals surface area contributed by atoms with E-state index in [1.54, 1.807) is 37.3 Å². The number of benzene rings is 3. The van der Waals surface area contributed by atoms with Gasteiger partial charge in [0.2, 0.25) is 11.8 Å². The first-order valence-electron chi connectivity index (χ1n) is 13.2. The molecule has 0 heterocycles. The average Bonchev–Trinajstić information content (AvgIpc) is 2.97. The van der Waals surface area contributed by atoms with Crippen LogP contribution < -0.4 is 19.1 Å². The third-order valence-electron chi connectivity index (χ3n) is 6.68. The van der Waals surface area contributed by atoms with E-state index in [9.17, 15) is 18.0 Å². The summed E-state index contributed by atoms with van der Waals surface area (Å²) in [5.74, 6) is -0.254. The van der Waals surface area contributed by atoms with Gasteiger partial charge in [-0.3, -0.25) is 13.9 Å². The summed E-state index contributed by atoms with van der Waals surface area (Å²) in [7, 11) is -1.37. The van der Waals surface area contributed by atoms with Crippen LogP contribution in [0.1, 0.15) is 32.8 Å². The van der Waals surface area contributed by atoms with Crippen LogP contribution in [0, 0.1) is 0 Å². The highest BCUT2D eigenvalue weighted by molar-refractivity contribution is 9.10. The molecule has 0 aliphatic heterocycles. The van der Waals surface area contributed by atoms with Gasteiger partial charge in [-0.15, -0.1) is 0 Å². The molecule has 3 rings (SSSR count). The maximum absolute atomic E-state index is 14.0. The summed E-state index contributed by atoms with van der Waals surface area (Å²) in [6, 6.07) is 19.1. The van der Waals surface area contributed by atoms with E-state index in [0.717, 1.165) is 20.8 Å². The van der Waals surface area contributed by atoms with E-state index in [4.69, 9.17) is 9.47 Å². The molecule has 0 spiro atoms. The molecule has 3 aromatic rings. The Morgan fingerprint density at radius 2 is 1.61 bits per heavy atom. The number of amides is 2. The standard InChI is InChI=1S/C30H36BrN3O6S/c1-6-21(2)32-30(36)22(3)33(19-23-11-10-12-24(31)17-23)29(35)20-34(25-13-8-7-9-14-25)41(37,38)26-15-16-27(39-4)28(18-26)40-5/h7-18,21-22H,6,19-20H2,1-5H3,(H,32,36)/t21-,22+/m1/s1. The van der Waals surface area contributed by atoms with Crippen LogP contribution >= 0.6 is 15.9 Å². The van der Waals surface area contributed by atoms with Gasteiger partial charge in [0.1, 0.15) is 12.6 Å². The van der Waals surface area contributed by atoms with Crippen molar-refractivity contribution in [1.82, 2.24) is 10.2 Å². The lowest BCUT2D eigenvalue weighted by Gasteiger charge is -2.32. The number of sulfonamides is 1. The molecule has 1 N–H and O–H groups in total. The van der Waals surface area contributed by atoms with Crippen molar-refractivity contribution >= 4 is 43.5 Å². The fourth-order valence-corrected chi connectivity index (χ4v) is 5.98. The molecule has 2 amide bonds. The SMILES string of the molecule is CC[C@@H](C)NC(=O)[C@H](C)N(Cc1cccc(Br)c1)C(=O)CN(c1ccccc1)S(=O)(=O)c1ccc(OC)c(OC)c1. The number of rotatable bonds is 13. The molecule has 2 atom stereocenters. The van der Waals surface area contributed by atoms with Crippen LogP contribution in [0.4, 0.5) is 5.69 Å². The number of anilines is 1. The summed E-state index contributed by atoms with van der Waals surface area (Å²) >= 11 is 3.45. The average molecular weight is 647 g/mol. The molecule has 0 aliphatic carbocycles. The van der Waals surface area contributed by atoms with E-state index in [2.05, 4.69) is 21.2 Å². The van der Waals surface area contributed by atoms with Gasteiger partial charge in [-0.25, -0.2) is 8.42 Å². The summed E-state index contributed by atoms with van der Waals surface area (Å²) < 4.78 is 40.5. The van der Waals surface area contributed by atoms with E-state index >= 15 is 0 Å². The van der Waals surface area contributed by atoms with Crippen molar-refractivity contribution in [3.05, 3.63) is 82.8 Å². The van der Waals surface area contributed by atoms with Gasteiger partial charge in [-0.1, -0.05) is 53.2 Å². The van der Waals surface area contributed by atoms with Crippen LogP contribution in [0.3, 0.4) is 0 Å². The first kappa shape index (κ1) is 32.0. The minimum Gasteiger partial charge on any atom is -0.493 e. The second-order valence-corrected chi connectivity index (χ2v) is 12.3. The van der Waals surface area contributed by atoms with E-state index in [1.807, 2.05) is 38.1 Å². The van der Waals surface area contributed by atoms with Crippen molar-refractivity contribution in [3.63, 3.8) is 0 Å². The van der Waals surface area contributed by atoms with Crippen LogP contribution in [0.2, 0.25) is 0 Å². The Bertz CT molecular complexity index is 1450. The molecular formula is C30H36BrN3O6S. The summed E-state index contributed by atoms with van der Waals surface area (Å²) in [6.07, 6.45) is 0.726. The molecule has 220 valence electrons. The Labute approximate surface area is 250 Å². The van der Waals surface area contributed by atoms with Gasteiger partial charge in [-0.05, 0) is 62.2 Å². The minimum atomic E-state index is -4.25. The van der Waals surface area contributed by atoms with Crippen molar-refractivity contribution in [2.45, 2.75) is 50.7 Å². The molecule has 0 radical (unpaired) electrons. The lowest BCUT2D eigenvalue weighted by molar-refractivity contribution is -0.139. The number of nitrogens with one attached hydrogen (secondary N) is 1. The molecule has 0 bridgehead atoms. The number of hydrogen-bond acceptors (Lipinski definition) is 6. The predicted octanol–water partition coefficient (Wildman–Crippen LogP) is 4.99. The second-order valence-electron chi connectivity index (χ2n) is 9.51. The Morgan fingerprint density at radius 1 is 0.927 bits per heavy atom. The Balaban J connectivity index is 2.04. The van der Waals surface area contributed by atoms with E-state index in [0.29, 0.717) is 11.4 Å². The molecule has 11 heteroatoms. The maximum Gasteiger partial charge on any atom is 0.264 e. The van der Waals surface area contributed by atoms with Gasteiger partial charge in [0, 0.05) is 23.1 Å². The first-order chi connectivity index (χ1) is 19.5. The fourth-order valence-electron chi connectivity index (χ4n) is 4.11. The van der Waals surface area contributed by atoms with Crippen LogP contribution in [-0.2, 0) is 26.2 Å². The number of para-hydroxylation sites is 1. The zero-order valence-electron chi connectivity index (χ0n) is 23.8. The molecule has 0 aromatic heterocycles. The number of ether oxygens (including phenoxy) is 2. The van der Waals surface area contributed by atoms with Gasteiger partial charge < -0.3 is 19.7 Å². The number of methoxy groups -OCH3 is 2. The molecule has 0 saturated carbocycles. The lowest BCUT2D eigenvalue weighted by Crippen LogP contribution is -2.52. The number of halogens is 1. The van der Waals surface area contributed by atoms with Crippen molar-refractivity contribution in [2.75, 3.05) is 25.1 Å². The normalized spacial score (nSPS) is 12.6. The van der Waals surface area contributed by atoms with Crippen molar-refractivity contribution < 1.29 is 27.5 Å². The molecule has 0 aliphatic rings. The van der Waals surface area contributed by atoms with Crippen molar-refractivity contribution in [3.8, 4) is 11.5 Å². The zero-order chi connectivity index (χ0) is 30.2. The van der Waals surface area contributed by atoms with Crippen LogP contribution in [-0.4, -0.2) is 58.0 Å². The van der Waals surface area contributed by atoms with Crippen molar-refractivity contribution in [2.24, 2.45) is 0 Å². The van der Waals surface area contributed by atoms with Crippen LogP contribution in [0.15, 0.2) is 82.2 Å². The molecule has 3 aromatic carbocycles. The smallest absolute Gasteiger partial charge is 0.264 e. The van der Waals surface area contributed by atoms with Gasteiger partial charge in [0.05, 0.1) is 24.8 Å². The quantitative estimate of drug-likeness (QED) is 0.281. The molecule has 41 heavy (non-hydrogen) atoms. The Hall–Kier alpha value is -3.57. The monoisotopic (exact) mass is 645 g/mol. The topological polar surface area (TPSA) is 105 Å². The largest absolute Gasteiger partial charge is 0.493 e. The molecule has 0 unspecified atom stereocenters. The predicted molar refractivity (Wildman–Crippen MR) is 163 cm³/mol. The maximum atomic E-state index is 14.0. The van der Waals surface area contributed by atoms with Gasteiger partial charge in [0.25, 0.3) is 10.0 Å². The number of carbonyl (C=O) groups excluding carboxylic acids is 2. The second kappa shape index (κ2) is 14.4. The fraction of sp³-hybridized carbons (Fsp3) is 0.333.